The number of nitrogens with zero attached hydrogens (tertiary/aromatic N) is 5. The molecule has 0 radical (unpaired) electrons. The first kappa shape index (κ1) is 19.6. The largest absolute Gasteiger partial charge is 0.495 e. The quantitative estimate of drug-likeness (QED) is 0.529. The Bertz CT molecular complexity index is 1250. The number of ether oxygens (including phenoxy) is 2. The highest BCUT2D eigenvalue weighted by Crippen LogP contribution is 2.37. The van der Waals surface area contributed by atoms with E-state index in [0.29, 0.717) is 18.2 Å². The van der Waals surface area contributed by atoms with E-state index in [9.17, 15) is 5.11 Å². The molecule has 1 aliphatic rings. The minimum atomic E-state index is 0.167. The standard InChI is InChI=1S/C23H25N5O3/c1-4-15-10-19(16-9-18(30-3)12-24-11-16)25-22-14(2)28(23(29)21(15)22)20-5-7-27(26-20)17-6-8-31-13-17/h5,7,9-12,17,29H,4,6,8,13H2,1-3H3. The molecule has 1 aliphatic heterocycles. The molecule has 0 bridgehead atoms. The van der Waals surface area contributed by atoms with E-state index in [1.165, 1.54) is 0 Å². The van der Waals surface area contributed by atoms with Crippen molar-refractivity contribution in [2.24, 2.45) is 0 Å². The van der Waals surface area contributed by atoms with Gasteiger partial charge in [-0.3, -0.25) is 14.2 Å². The molecule has 0 aromatic carbocycles. The number of rotatable bonds is 5. The Kier molecular flexibility index (Phi) is 4.86. The van der Waals surface area contributed by atoms with Crippen molar-refractivity contribution in [1.82, 2.24) is 24.3 Å². The molecule has 1 N–H and O–H groups in total. The van der Waals surface area contributed by atoms with Gasteiger partial charge >= 0.3 is 0 Å². The van der Waals surface area contributed by atoms with Crippen molar-refractivity contribution >= 4 is 10.9 Å². The third-order valence-corrected chi connectivity index (χ3v) is 5.94. The summed E-state index contributed by atoms with van der Waals surface area (Å²) in [6.07, 6.45) is 7.09. The number of methoxy groups -OCH3 is 1. The molecule has 8 nitrogen and oxygen atoms in total. The topological polar surface area (TPSA) is 87.2 Å². The third kappa shape index (κ3) is 3.23. The van der Waals surface area contributed by atoms with Gasteiger partial charge in [0, 0.05) is 30.6 Å². The minimum Gasteiger partial charge on any atom is -0.495 e. The maximum atomic E-state index is 11.2. The van der Waals surface area contributed by atoms with Gasteiger partial charge in [-0.25, -0.2) is 4.98 Å². The first-order chi connectivity index (χ1) is 15.1. The average molecular weight is 419 g/mol. The lowest BCUT2D eigenvalue weighted by Gasteiger charge is -2.08. The van der Waals surface area contributed by atoms with Crippen LogP contribution in [0.1, 0.15) is 30.6 Å². The molecule has 0 amide bonds. The van der Waals surface area contributed by atoms with Crippen LogP contribution in [0.2, 0.25) is 0 Å². The van der Waals surface area contributed by atoms with Crippen molar-refractivity contribution in [2.45, 2.75) is 32.7 Å². The van der Waals surface area contributed by atoms with Gasteiger partial charge in [-0.05, 0) is 37.5 Å². The Morgan fingerprint density at radius 1 is 1.29 bits per heavy atom. The Hall–Kier alpha value is -3.39. The molecule has 0 aliphatic carbocycles. The van der Waals surface area contributed by atoms with E-state index in [2.05, 4.69) is 11.9 Å². The van der Waals surface area contributed by atoms with E-state index in [-0.39, 0.29) is 11.9 Å². The zero-order chi connectivity index (χ0) is 21.5. The number of aromatic hydroxyl groups is 1. The van der Waals surface area contributed by atoms with Gasteiger partial charge in [-0.1, -0.05) is 6.92 Å². The molecule has 8 heteroatoms. The number of aryl methyl sites for hydroxylation is 2. The van der Waals surface area contributed by atoms with Crippen LogP contribution >= 0.6 is 0 Å². The van der Waals surface area contributed by atoms with Crippen LogP contribution in [0, 0.1) is 6.92 Å². The van der Waals surface area contributed by atoms with Crippen molar-refractivity contribution in [1.29, 1.82) is 0 Å². The first-order valence-corrected chi connectivity index (χ1v) is 10.5. The maximum Gasteiger partial charge on any atom is 0.207 e. The summed E-state index contributed by atoms with van der Waals surface area (Å²) in [5, 5.41) is 16.7. The SMILES string of the molecule is CCc1cc(-c2cncc(OC)c2)nc2c(C)n(-c3ccn(C4CCOC4)n3)c(O)c12. The van der Waals surface area contributed by atoms with Crippen LogP contribution in [0.4, 0.5) is 0 Å². The number of aromatic nitrogens is 5. The van der Waals surface area contributed by atoms with Crippen LogP contribution in [0.25, 0.3) is 28.0 Å². The summed E-state index contributed by atoms with van der Waals surface area (Å²) in [7, 11) is 1.62. The highest BCUT2D eigenvalue weighted by Gasteiger charge is 2.23. The van der Waals surface area contributed by atoms with Gasteiger partial charge in [0.05, 0.1) is 48.2 Å². The van der Waals surface area contributed by atoms with Gasteiger partial charge in [0.15, 0.2) is 5.82 Å². The predicted molar refractivity (Wildman–Crippen MR) is 117 cm³/mol. The fraction of sp³-hybridized carbons (Fsp3) is 0.348. The van der Waals surface area contributed by atoms with Crippen LogP contribution in [-0.2, 0) is 11.2 Å². The van der Waals surface area contributed by atoms with E-state index >= 15 is 0 Å². The van der Waals surface area contributed by atoms with Gasteiger partial charge < -0.3 is 14.6 Å². The van der Waals surface area contributed by atoms with E-state index in [4.69, 9.17) is 19.6 Å². The van der Waals surface area contributed by atoms with Gasteiger partial charge in [-0.2, -0.15) is 5.10 Å². The molecule has 1 fully saturated rings. The maximum absolute atomic E-state index is 11.2. The third-order valence-electron chi connectivity index (χ3n) is 5.94. The molecule has 4 aromatic rings. The summed E-state index contributed by atoms with van der Waals surface area (Å²) >= 11 is 0. The monoisotopic (exact) mass is 419 g/mol. The molecule has 0 saturated carbocycles. The zero-order valence-electron chi connectivity index (χ0n) is 17.9. The smallest absolute Gasteiger partial charge is 0.207 e. The molecule has 31 heavy (non-hydrogen) atoms. The van der Waals surface area contributed by atoms with Crippen molar-refractivity contribution in [3.8, 4) is 28.7 Å². The lowest BCUT2D eigenvalue weighted by molar-refractivity contribution is 0.184. The van der Waals surface area contributed by atoms with Gasteiger partial charge in [0.2, 0.25) is 5.88 Å². The fourth-order valence-electron chi connectivity index (χ4n) is 4.24. The Labute approximate surface area is 180 Å². The number of pyridine rings is 2. The van der Waals surface area contributed by atoms with Crippen LogP contribution in [-0.4, -0.2) is 49.7 Å². The second-order valence-electron chi connectivity index (χ2n) is 7.77. The first-order valence-electron chi connectivity index (χ1n) is 10.5. The van der Waals surface area contributed by atoms with E-state index in [0.717, 1.165) is 52.9 Å². The number of hydrogen-bond acceptors (Lipinski definition) is 6. The lowest BCUT2D eigenvalue weighted by Crippen LogP contribution is -2.10. The Morgan fingerprint density at radius 3 is 2.90 bits per heavy atom. The second-order valence-corrected chi connectivity index (χ2v) is 7.77. The molecule has 5 rings (SSSR count). The van der Waals surface area contributed by atoms with E-state index in [1.54, 1.807) is 24.1 Å². The van der Waals surface area contributed by atoms with Crippen LogP contribution < -0.4 is 4.74 Å². The highest BCUT2D eigenvalue weighted by atomic mass is 16.5. The van der Waals surface area contributed by atoms with Crippen molar-refractivity contribution < 1.29 is 14.6 Å². The van der Waals surface area contributed by atoms with Crippen LogP contribution in [0.3, 0.4) is 0 Å². The predicted octanol–water partition coefficient (Wildman–Crippen LogP) is 3.83. The van der Waals surface area contributed by atoms with Gasteiger partial charge in [-0.15, -0.1) is 0 Å². The second kappa shape index (κ2) is 7.70. The van der Waals surface area contributed by atoms with E-state index < -0.39 is 0 Å². The molecule has 5 heterocycles. The summed E-state index contributed by atoms with van der Waals surface area (Å²) in [6.45, 7) is 5.45. The summed E-state index contributed by atoms with van der Waals surface area (Å²) in [6, 6.07) is 6.08. The molecular formula is C23H25N5O3. The Morgan fingerprint density at radius 2 is 2.16 bits per heavy atom. The van der Waals surface area contributed by atoms with Crippen molar-refractivity contribution in [3.63, 3.8) is 0 Å². The van der Waals surface area contributed by atoms with Gasteiger partial charge in [0.25, 0.3) is 0 Å². The number of hydrogen-bond donors (Lipinski definition) is 1. The average Bonchev–Trinajstić information content (AvgIpc) is 3.54. The summed E-state index contributed by atoms with van der Waals surface area (Å²) in [5.74, 6) is 1.52. The number of fused-ring (bicyclic) bond motifs is 1. The summed E-state index contributed by atoms with van der Waals surface area (Å²) < 4.78 is 14.5. The van der Waals surface area contributed by atoms with E-state index in [1.807, 2.05) is 36.0 Å². The van der Waals surface area contributed by atoms with Crippen molar-refractivity contribution in [3.05, 3.63) is 48.0 Å². The highest BCUT2D eigenvalue weighted by molar-refractivity contribution is 5.93. The lowest BCUT2D eigenvalue weighted by atomic mass is 10.0. The summed E-state index contributed by atoms with van der Waals surface area (Å²) in [5.41, 5.74) is 4.28. The molecule has 0 spiro atoms. The normalized spacial score (nSPS) is 16.3. The zero-order valence-corrected chi connectivity index (χ0v) is 17.9. The van der Waals surface area contributed by atoms with Crippen LogP contribution in [0.15, 0.2) is 36.8 Å². The molecule has 1 unspecified atom stereocenters. The van der Waals surface area contributed by atoms with Crippen molar-refractivity contribution in [2.75, 3.05) is 20.3 Å². The molecular weight excluding hydrogens is 394 g/mol. The molecule has 160 valence electrons. The summed E-state index contributed by atoms with van der Waals surface area (Å²) in [4.78, 5) is 9.15. The van der Waals surface area contributed by atoms with Crippen LogP contribution in [0.5, 0.6) is 11.6 Å². The Balaban J connectivity index is 1.66. The minimum absolute atomic E-state index is 0.167. The molecule has 1 atom stereocenters. The van der Waals surface area contributed by atoms with Gasteiger partial charge in [0.1, 0.15) is 5.75 Å². The molecule has 1 saturated heterocycles. The molecule has 4 aromatic heterocycles. The fourth-order valence-corrected chi connectivity index (χ4v) is 4.24.